The molecule has 42 heavy (non-hydrogen) atoms. The van der Waals surface area contributed by atoms with E-state index in [0.29, 0.717) is 0 Å². The van der Waals surface area contributed by atoms with Crippen molar-refractivity contribution in [2.75, 3.05) is 0 Å². The van der Waals surface area contributed by atoms with Crippen LogP contribution in [-0.4, -0.2) is 15.9 Å². The predicted octanol–water partition coefficient (Wildman–Crippen LogP) is 10.4. The van der Waals surface area contributed by atoms with E-state index in [2.05, 4.69) is 62.2 Å². The molecule has 4 aromatic rings. The number of ketones is 1. The number of aromatic nitrogens is 1. The van der Waals surface area contributed by atoms with Gasteiger partial charge in [0, 0.05) is 55.3 Å². The maximum atomic E-state index is 11.7. The van der Waals surface area contributed by atoms with Gasteiger partial charge in [-0.1, -0.05) is 95.1 Å². The summed E-state index contributed by atoms with van der Waals surface area (Å²) in [6, 6.07) is 20.2. The van der Waals surface area contributed by atoms with Gasteiger partial charge >= 0.3 is 0 Å². The Bertz CT molecular complexity index is 1560. The van der Waals surface area contributed by atoms with Crippen molar-refractivity contribution >= 4 is 27.3 Å². The summed E-state index contributed by atoms with van der Waals surface area (Å²) in [5.41, 5.74) is 3.44. The predicted molar refractivity (Wildman–Crippen MR) is 171 cm³/mol. The number of carbonyl (C=O) groups excluding carboxylic acids is 1. The molecule has 3 aromatic carbocycles. The molecule has 0 fully saturated rings. The van der Waals surface area contributed by atoms with Crippen molar-refractivity contribution in [3.63, 3.8) is 0 Å². The third-order valence-corrected chi connectivity index (χ3v) is 7.96. The molecule has 1 N–H and O–H groups in total. The summed E-state index contributed by atoms with van der Waals surface area (Å²) in [5.74, 6) is 2.32. The van der Waals surface area contributed by atoms with E-state index < -0.39 is 0 Å². The second-order valence-corrected chi connectivity index (χ2v) is 12.3. The fourth-order valence-corrected chi connectivity index (χ4v) is 5.67. The van der Waals surface area contributed by atoms with E-state index in [9.17, 15) is 9.90 Å². The molecule has 0 amide bonds. The Labute approximate surface area is 264 Å². The number of ether oxygens (including phenoxy) is 1. The summed E-state index contributed by atoms with van der Waals surface area (Å²) in [4.78, 5) is 16.4. The van der Waals surface area contributed by atoms with Gasteiger partial charge in [0.1, 0.15) is 5.75 Å². The molecule has 1 aromatic heterocycles. The Morgan fingerprint density at radius 3 is 2.29 bits per heavy atom. The van der Waals surface area contributed by atoms with Gasteiger partial charge in [0.05, 0.1) is 11.5 Å². The summed E-state index contributed by atoms with van der Waals surface area (Å²) in [6.07, 6.45) is 7.80. The molecular weight excluding hydrogens is 699 g/mol. The summed E-state index contributed by atoms with van der Waals surface area (Å²) < 4.78 is 6.45. The van der Waals surface area contributed by atoms with Crippen molar-refractivity contribution in [3.05, 3.63) is 78.2 Å². The van der Waals surface area contributed by atoms with E-state index in [4.69, 9.17) is 4.74 Å². The Morgan fingerprint density at radius 2 is 1.64 bits per heavy atom. The van der Waals surface area contributed by atoms with Gasteiger partial charge in [0.15, 0.2) is 5.78 Å². The SMILES string of the molecule is CC(C)(C)Cc1cc2c3c(nccc3c1)-c1[c-]cc3ccccc3c1O2.CCC(CC)C(=O)/C=C(\O)C(CC)CC.[Ir]. The molecule has 5 rings (SSSR count). The van der Waals surface area contributed by atoms with Crippen molar-refractivity contribution in [2.24, 2.45) is 17.3 Å². The zero-order valence-corrected chi connectivity index (χ0v) is 28.4. The molecule has 0 bridgehead atoms. The molecule has 2 heterocycles. The largest absolute Gasteiger partial charge is 0.512 e. The van der Waals surface area contributed by atoms with Crippen LogP contribution >= 0.6 is 0 Å². The third-order valence-electron chi connectivity index (χ3n) is 7.96. The van der Waals surface area contributed by atoms with E-state index >= 15 is 0 Å². The number of carbonyl (C=O) groups is 1. The minimum absolute atomic E-state index is 0. The smallest absolute Gasteiger partial charge is 0.162 e. The van der Waals surface area contributed by atoms with Crippen molar-refractivity contribution < 1.29 is 34.7 Å². The molecule has 1 aliphatic heterocycles. The molecule has 225 valence electrons. The number of allylic oxidation sites excluding steroid dienone is 2. The van der Waals surface area contributed by atoms with Gasteiger partial charge in [0.25, 0.3) is 0 Å². The Morgan fingerprint density at radius 1 is 0.976 bits per heavy atom. The third kappa shape index (κ3) is 7.49. The minimum Gasteiger partial charge on any atom is -0.512 e. The monoisotopic (exact) mass is 743 g/mol. The molecule has 0 saturated carbocycles. The van der Waals surface area contributed by atoms with Gasteiger partial charge in [-0.25, -0.2) is 0 Å². The molecular formula is C37H44IrNO3-. The van der Waals surface area contributed by atoms with Crippen LogP contribution in [0.5, 0.6) is 11.5 Å². The van der Waals surface area contributed by atoms with E-state index in [-0.39, 0.29) is 48.9 Å². The first kappa shape index (κ1) is 33.5. The fraction of sp³-hybridized carbons (Fsp3) is 0.405. The number of aliphatic hydroxyl groups is 1. The van der Waals surface area contributed by atoms with Crippen LogP contribution in [-0.2, 0) is 31.3 Å². The first-order valence-corrected chi connectivity index (χ1v) is 15.1. The van der Waals surface area contributed by atoms with E-state index in [0.717, 1.165) is 71.0 Å². The number of rotatable bonds is 8. The average molecular weight is 743 g/mol. The van der Waals surface area contributed by atoms with Gasteiger partial charge in [-0.3, -0.25) is 4.79 Å². The molecule has 0 spiro atoms. The quantitative estimate of drug-likeness (QED) is 0.0977. The van der Waals surface area contributed by atoms with Crippen molar-refractivity contribution in [1.29, 1.82) is 0 Å². The van der Waals surface area contributed by atoms with Crippen LogP contribution in [0.25, 0.3) is 32.8 Å². The molecule has 0 atom stereocenters. The van der Waals surface area contributed by atoms with Crippen molar-refractivity contribution in [2.45, 2.75) is 80.6 Å². The standard InChI is InChI=1S/C24H20NO.C13H24O2.Ir/c1-24(2,3)14-15-12-17-10-11-25-22-19-9-8-16-6-4-5-7-18(16)23(19)26-20(13-15)21(17)22;1-5-10(6-2)12(14)9-13(15)11(7-3)8-4;/h4-8,10-13H,14H2,1-3H3;9-11,14H,5-8H2,1-4H3;/q-1;;/b;12-9-;. The summed E-state index contributed by atoms with van der Waals surface area (Å²) >= 11 is 0. The van der Waals surface area contributed by atoms with Crippen LogP contribution in [0.1, 0.15) is 79.7 Å². The molecule has 1 radical (unpaired) electrons. The summed E-state index contributed by atoms with van der Waals surface area (Å²) in [6.45, 7) is 14.9. The topological polar surface area (TPSA) is 59.4 Å². The average Bonchev–Trinajstić information content (AvgIpc) is 2.94. The maximum absolute atomic E-state index is 11.7. The first-order valence-electron chi connectivity index (χ1n) is 15.1. The molecule has 1 aliphatic rings. The molecule has 4 nitrogen and oxygen atoms in total. The van der Waals surface area contributed by atoms with E-state index in [1.165, 1.54) is 17.0 Å². The van der Waals surface area contributed by atoms with Crippen LogP contribution in [0.15, 0.2) is 66.6 Å². The number of fused-ring (bicyclic) bond motifs is 4. The normalized spacial score (nSPS) is 12.5. The van der Waals surface area contributed by atoms with E-state index in [1.54, 1.807) is 0 Å². The van der Waals surface area contributed by atoms with Crippen LogP contribution < -0.4 is 4.74 Å². The van der Waals surface area contributed by atoms with Crippen LogP contribution in [0.2, 0.25) is 0 Å². The number of benzene rings is 3. The number of pyridine rings is 1. The van der Waals surface area contributed by atoms with Crippen molar-refractivity contribution in [3.8, 4) is 22.8 Å². The fourth-order valence-electron chi connectivity index (χ4n) is 5.67. The zero-order valence-electron chi connectivity index (χ0n) is 26.0. The molecule has 0 saturated heterocycles. The van der Waals surface area contributed by atoms with Crippen LogP contribution in [0.4, 0.5) is 0 Å². The second kappa shape index (κ2) is 14.4. The number of aliphatic hydroxyl groups excluding tert-OH is 1. The molecule has 0 aliphatic carbocycles. The van der Waals surface area contributed by atoms with Gasteiger partial charge < -0.3 is 14.8 Å². The summed E-state index contributed by atoms with van der Waals surface area (Å²) in [7, 11) is 0. The first-order chi connectivity index (χ1) is 19.6. The Kier molecular flexibility index (Phi) is 11.5. The maximum Gasteiger partial charge on any atom is 0.162 e. The summed E-state index contributed by atoms with van der Waals surface area (Å²) in [5, 5.41) is 14.3. The zero-order chi connectivity index (χ0) is 29.7. The second-order valence-electron chi connectivity index (χ2n) is 12.3. The van der Waals surface area contributed by atoms with Gasteiger partial charge in [0.2, 0.25) is 0 Å². The minimum atomic E-state index is 0. The van der Waals surface area contributed by atoms with E-state index in [1.807, 2.05) is 52.1 Å². The molecule has 0 unspecified atom stereocenters. The van der Waals surface area contributed by atoms with Crippen LogP contribution in [0, 0.1) is 23.3 Å². The van der Waals surface area contributed by atoms with Crippen molar-refractivity contribution in [1.82, 2.24) is 4.98 Å². The number of hydrogen-bond donors (Lipinski definition) is 1. The molecule has 5 heteroatoms. The number of nitrogens with zero attached hydrogens (tertiary/aromatic N) is 1. The number of hydrogen-bond acceptors (Lipinski definition) is 4. The Hall–Kier alpha value is -3.01. The van der Waals surface area contributed by atoms with Gasteiger partial charge in [-0.15, -0.1) is 12.1 Å². The van der Waals surface area contributed by atoms with Gasteiger partial charge in [-0.05, 0) is 60.6 Å². The van der Waals surface area contributed by atoms with Crippen LogP contribution in [0.3, 0.4) is 0 Å². The Balaban J connectivity index is 0.000000263. The van der Waals surface area contributed by atoms with Gasteiger partial charge in [-0.2, -0.15) is 0 Å².